The molecule has 1 N–H and O–H groups in total. The molecule has 0 spiro atoms. The lowest BCUT2D eigenvalue weighted by molar-refractivity contribution is 0.0950. The molecule has 2 aromatic heterocycles. The zero-order valence-electron chi connectivity index (χ0n) is 16.1. The third kappa shape index (κ3) is 5.05. The highest BCUT2D eigenvalue weighted by molar-refractivity contribution is 7.98. The summed E-state index contributed by atoms with van der Waals surface area (Å²) in [7, 11) is 0. The van der Waals surface area contributed by atoms with Gasteiger partial charge in [0, 0.05) is 23.9 Å². The summed E-state index contributed by atoms with van der Waals surface area (Å²) in [6, 6.07) is 17.7. The van der Waals surface area contributed by atoms with E-state index >= 15 is 0 Å². The predicted molar refractivity (Wildman–Crippen MR) is 118 cm³/mol. The van der Waals surface area contributed by atoms with Gasteiger partial charge in [0.25, 0.3) is 5.91 Å². The summed E-state index contributed by atoms with van der Waals surface area (Å²) >= 11 is 3.30. The zero-order chi connectivity index (χ0) is 20.1. The maximum atomic E-state index is 12.7. The molecule has 0 aliphatic rings. The monoisotopic (exact) mass is 423 g/mol. The molecule has 0 saturated heterocycles. The molecule has 0 aliphatic heterocycles. The molecule has 5 nitrogen and oxygen atoms in total. The van der Waals surface area contributed by atoms with Crippen LogP contribution in [0.1, 0.15) is 33.2 Å². The van der Waals surface area contributed by atoms with Crippen LogP contribution in [0.2, 0.25) is 0 Å². The molecule has 0 unspecified atom stereocenters. The van der Waals surface area contributed by atoms with Gasteiger partial charge in [-0.2, -0.15) is 0 Å². The number of nitrogens with zero attached hydrogens (tertiary/aromatic N) is 2. The molecule has 4 aromatic rings. The quantitative estimate of drug-likeness (QED) is 0.310. The molecular weight excluding hydrogens is 402 g/mol. The summed E-state index contributed by atoms with van der Waals surface area (Å²) in [5.41, 5.74) is 2.60. The van der Waals surface area contributed by atoms with Crippen molar-refractivity contribution in [3.8, 4) is 0 Å². The first-order chi connectivity index (χ1) is 14.2. The number of rotatable bonds is 8. The minimum Gasteiger partial charge on any atom is -0.360 e. The fourth-order valence-electron chi connectivity index (χ4n) is 2.98. The topological polar surface area (TPSA) is 68.0 Å². The van der Waals surface area contributed by atoms with Crippen molar-refractivity contribution >= 4 is 39.2 Å². The van der Waals surface area contributed by atoms with Crippen LogP contribution in [0.25, 0.3) is 10.2 Å². The van der Waals surface area contributed by atoms with Gasteiger partial charge in [-0.15, -0.1) is 23.1 Å². The molecule has 2 heterocycles. The maximum absolute atomic E-state index is 12.7. The number of nitrogens with one attached hydrogen (secondary N) is 1. The molecule has 4 rings (SSSR count). The number of aryl methyl sites for hydroxylation is 2. The molecule has 0 aliphatic carbocycles. The van der Waals surface area contributed by atoms with Gasteiger partial charge in [0.15, 0.2) is 0 Å². The largest absolute Gasteiger partial charge is 0.360 e. The maximum Gasteiger partial charge on any atom is 0.252 e. The van der Waals surface area contributed by atoms with E-state index in [0.717, 1.165) is 39.7 Å². The standard InChI is InChI=1S/C22H21N3O2S2/c1-15-13-16(27-25-15)14-28-19-9-4-2-7-17(19)22(26)23-12-6-11-21-24-18-8-3-5-10-20(18)29-21/h2-5,7-10,13H,6,11-12,14H2,1H3,(H,23,26). The lowest BCUT2D eigenvalue weighted by Crippen LogP contribution is -2.25. The summed E-state index contributed by atoms with van der Waals surface area (Å²) in [6.07, 6.45) is 1.72. The fourth-order valence-corrected chi connectivity index (χ4v) is 4.91. The fraction of sp³-hybridized carbons (Fsp3) is 0.227. The average Bonchev–Trinajstić information content (AvgIpc) is 3.35. The van der Waals surface area contributed by atoms with Crippen molar-refractivity contribution in [2.75, 3.05) is 6.54 Å². The molecule has 7 heteroatoms. The second-order valence-electron chi connectivity index (χ2n) is 6.65. The minimum absolute atomic E-state index is 0.0499. The van der Waals surface area contributed by atoms with Gasteiger partial charge in [0.2, 0.25) is 0 Å². The summed E-state index contributed by atoms with van der Waals surface area (Å²) in [4.78, 5) is 18.2. The van der Waals surface area contributed by atoms with Crippen molar-refractivity contribution in [1.29, 1.82) is 0 Å². The Balaban J connectivity index is 1.30. The van der Waals surface area contributed by atoms with Crippen LogP contribution in [0, 0.1) is 6.92 Å². The number of thioether (sulfide) groups is 1. The number of hydrogen-bond donors (Lipinski definition) is 1. The Morgan fingerprint density at radius 3 is 2.83 bits per heavy atom. The number of benzene rings is 2. The first-order valence-electron chi connectivity index (χ1n) is 9.46. The van der Waals surface area contributed by atoms with Gasteiger partial charge >= 0.3 is 0 Å². The van der Waals surface area contributed by atoms with Gasteiger partial charge in [0.05, 0.1) is 32.2 Å². The lowest BCUT2D eigenvalue weighted by atomic mass is 10.2. The van der Waals surface area contributed by atoms with E-state index in [1.807, 2.05) is 55.5 Å². The average molecular weight is 424 g/mol. The van der Waals surface area contributed by atoms with E-state index in [-0.39, 0.29) is 5.91 Å². The van der Waals surface area contributed by atoms with Crippen molar-refractivity contribution in [2.24, 2.45) is 0 Å². The van der Waals surface area contributed by atoms with Crippen molar-refractivity contribution in [2.45, 2.75) is 30.4 Å². The molecule has 2 aromatic carbocycles. The number of amides is 1. The number of aromatic nitrogens is 2. The molecule has 148 valence electrons. The molecule has 1 amide bonds. The number of thiazole rings is 1. The van der Waals surface area contributed by atoms with Gasteiger partial charge in [-0.25, -0.2) is 4.98 Å². The molecule has 0 atom stereocenters. The third-order valence-electron chi connectivity index (χ3n) is 4.37. The smallest absolute Gasteiger partial charge is 0.252 e. The van der Waals surface area contributed by atoms with E-state index in [0.29, 0.717) is 17.9 Å². The van der Waals surface area contributed by atoms with E-state index < -0.39 is 0 Å². The zero-order valence-corrected chi connectivity index (χ0v) is 17.7. The Morgan fingerprint density at radius 1 is 1.17 bits per heavy atom. The first-order valence-corrected chi connectivity index (χ1v) is 11.3. The first kappa shape index (κ1) is 19.7. The van der Waals surface area contributed by atoms with Gasteiger partial charge in [-0.05, 0) is 37.6 Å². The highest BCUT2D eigenvalue weighted by atomic mass is 32.2. The summed E-state index contributed by atoms with van der Waals surface area (Å²) in [5.74, 6) is 1.40. The van der Waals surface area contributed by atoms with Gasteiger partial charge in [-0.1, -0.05) is 29.4 Å². The van der Waals surface area contributed by atoms with Crippen LogP contribution in [0.3, 0.4) is 0 Å². The van der Waals surface area contributed by atoms with Crippen LogP contribution in [0.4, 0.5) is 0 Å². The van der Waals surface area contributed by atoms with Crippen molar-refractivity contribution in [1.82, 2.24) is 15.5 Å². The molecule has 0 bridgehead atoms. The molecule has 0 radical (unpaired) electrons. The van der Waals surface area contributed by atoms with Crippen molar-refractivity contribution in [3.63, 3.8) is 0 Å². The normalized spacial score (nSPS) is 11.1. The number of hydrogen-bond acceptors (Lipinski definition) is 6. The highest BCUT2D eigenvalue weighted by Crippen LogP contribution is 2.27. The molecule has 0 fully saturated rings. The lowest BCUT2D eigenvalue weighted by Gasteiger charge is -2.09. The van der Waals surface area contributed by atoms with E-state index in [4.69, 9.17) is 4.52 Å². The summed E-state index contributed by atoms with van der Waals surface area (Å²) < 4.78 is 6.46. The van der Waals surface area contributed by atoms with Crippen LogP contribution in [-0.2, 0) is 12.2 Å². The van der Waals surface area contributed by atoms with Crippen LogP contribution in [-0.4, -0.2) is 22.6 Å². The van der Waals surface area contributed by atoms with Crippen LogP contribution in [0.5, 0.6) is 0 Å². The second-order valence-corrected chi connectivity index (χ2v) is 8.79. The number of para-hydroxylation sites is 1. The van der Waals surface area contributed by atoms with Gasteiger partial charge < -0.3 is 9.84 Å². The van der Waals surface area contributed by atoms with E-state index in [1.165, 1.54) is 4.70 Å². The van der Waals surface area contributed by atoms with Crippen molar-refractivity contribution < 1.29 is 9.32 Å². The number of fused-ring (bicyclic) bond motifs is 1. The number of carbonyl (C=O) groups is 1. The SMILES string of the molecule is Cc1cc(CSc2ccccc2C(=O)NCCCc2nc3ccccc3s2)on1. The van der Waals surface area contributed by atoms with Gasteiger partial charge in [0.1, 0.15) is 5.76 Å². The molecular formula is C22H21N3O2S2. The second kappa shape index (κ2) is 9.24. The molecule has 29 heavy (non-hydrogen) atoms. The summed E-state index contributed by atoms with van der Waals surface area (Å²) in [6.45, 7) is 2.52. The van der Waals surface area contributed by atoms with Crippen molar-refractivity contribution in [3.05, 3.63) is 76.6 Å². The predicted octanol–water partition coefficient (Wildman–Crippen LogP) is 5.25. The third-order valence-corrected chi connectivity index (χ3v) is 6.56. The Labute approximate surface area is 177 Å². The number of carbonyl (C=O) groups excluding carboxylic acids is 1. The van der Waals surface area contributed by atoms with E-state index in [9.17, 15) is 4.79 Å². The Kier molecular flexibility index (Phi) is 6.27. The van der Waals surface area contributed by atoms with E-state index in [2.05, 4.69) is 21.5 Å². The Morgan fingerprint density at radius 2 is 2.00 bits per heavy atom. The highest BCUT2D eigenvalue weighted by Gasteiger charge is 2.12. The van der Waals surface area contributed by atoms with Gasteiger partial charge in [-0.3, -0.25) is 4.79 Å². The van der Waals surface area contributed by atoms with Crippen LogP contribution in [0.15, 0.2) is 64.0 Å². The van der Waals surface area contributed by atoms with Crippen LogP contribution >= 0.6 is 23.1 Å². The summed E-state index contributed by atoms with van der Waals surface area (Å²) in [5, 5.41) is 8.05. The molecule has 0 saturated carbocycles. The Hall–Kier alpha value is -2.64. The van der Waals surface area contributed by atoms with Crippen LogP contribution < -0.4 is 5.32 Å². The minimum atomic E-state index is -0.0499. The van der Waals surface area contributed by atoms with E-state index in [1.54, 1.807) is 23.1 Å². The Bertz CT molecular complexity index is 1090.